The lowest BCUT2D eigenvalue weighted by Crippen LogP contribution is -2.38. The van der Waals surface area contributed by atoms with E-state index in [1.165, 1.54) is 0 Å². The summed E-state index contributed by atoms with van der Waals surface area (Å²) in [5.41, 5.74) is 0.761. The van der Waals surface area contributed by atoms with Gasteiger partial charge in [0, 0.05) is 12.4 Å². The summed E-state index contributed by atoms with van der Waals surface area (Å²) in [6.45, 7) is 9.29. The Morgan fingerprint density at radius 2 is 2.00 bits per heavy atom. The Morgan fingerprint density at radius 1 is 1.36 bits per heavy atom. The zero-order valence-corrected chi connectivity index (χ0v) is 8.70. The summed E-state index contributed by atoms with van der Waals surface area (Å²) in [4.78, 5) is 4.07. The minimum Gasteiger partial charge on any atom is -0.365 e. The molecule has 1 aromatic heterocycles. The smallest absolute Gasteiger partial charge is 0.159 e. The van der Waals surface area contributed by atoms with E-state index in [1.807, 2.05) is 12.5 Å². The molecule has 0 saturated heterocycles. The van der Waals surface area contributed by atoms with Crippen molar-refractivity contribution in [2.75, 3.05) is 0 Å². The fourth-order valence-electron chi connectivity index (χ4n) is 0.898. The third-order valence-electron chi connectivity index (χ3n) is 2.58. The van der Waals surface area contributed by atoms with Gasteiger partial charge >= 0.3 is 0 Å². The van der Waals surface area contributed by atoms with Crippen LogP contribution in [-0.4, -0.2) is 17.5 Å². The first-order chi connectivity index (χ1) is 5.05. The van der Waals surface area contributed by atoms with E-state index in [0.717, 1.165) is 5.54 Å². The van der Waals surface area contributed by atoms with Crippen LogP contribution in [0.5, 0.6) is 0 Å². The van der Waals surface area contributed by atoms with E-state index in [0.29, 0.717) is 0 Å². The maximum atomic E-state index is 4.07. The molecule has 3 heteroatoms. The second-order valence-corrected chi connectivity index (χ2v) is 8.76. The number of nitrogens with zero attached hydrogens (tertiary/aromatic N) is 2. The predicted octanol–water partition coefficient (Wildman–Crippen LogP) is 2.35. The molecule has 0 amide bonds. The van der Waals surface area contributed by atoms with Crippen molar-refractivity contribution >= 4 is 8.24 Å². The monoisotopic (exact) mass is 168 g/mol. The Hall–Kier alpha value is -0.573. The first-order valence-corrected chi connectivity index (χ1v) is 7.06. The molecule has 0 bridgehead atoms. The highest BCUT2D eigenvalue weighted by molar-refractivity contribution is 6.77. The van der Waals surface area contributed by atoms with Gasteiger partial charge in [0.1, 0.15) is 0 Å². The maximum Gasteiger partial charge on any atom is 0.159 e. The van der Waals surface area contributed by atoms with Crippen LogP contribution in [-0.2, 0) is 0 Å². The number of hydrogen-bond donors (Lipinski definition) is 0. The maximum absolute atomic E-state index is 4.07. The van der Waals surface area contributed by atoms with Crippen molar-refractivity contribution in [3.63, 3.8) is 0 Å². The van der Waals surface area contributed by atoms with Gasteiger partial charge in [-0.25, -0.2) is 4.98 Å². The van der Waals surface area contributed by atoms with E-state index in [9.17, 15) is 0 Å². The molecule has 62 valence electrons. The number of aromatic nitrogens is 2. The summed E-state index contributed by atoms with van der Waals surface area (Å²) < 4.78 is 2.29. The number of rotatable bonds is 2. The van der Waals surface area contributed by atoms with Gasteiger partial charge in [-0.05, 0) is 5.54 Å². The molecule has 0 spiro atoms. The molecule has 0 N–H and O–H groups in total. The van der Waals surface area contributed by atoms with Gasteiger partial charge in [0.2, 0.25) is 0 Å². The quantitative estimate of drug-likeness (QED) is 0.620. The largest absolute Gasteiger partial charge is 0.365 e. The average Bonchev–Trinajstić information content (AvgIpc) is 2.37. The van der Waals surface area contributed by atoms with E-state index in [-0.39, 0.29) is 0 Å². The second-order valence-electron chi connectivity index (χ2n) is 3.78. The van der Waals surface area contributed by atoms with E-state index in [1.54, 1.807) is 0 Å². The fourth-order valence-corrected chi connectivity index (χ4v) is 2.31. The molecule has 0 radical (unpaired) electrons. The standard InChI is InChI=1S/C8H16N2Si/c1-8(2)11(3,4)10-6-5-9-7-10/h5-8H,1-4H3. The molecular weight excluding hydrogens is 152 g/mol. The molecule has 0 atom stereocenters. The molecule has 1 heterocycles. The summed E-state index contributed by atoms with van der Waals surface area (Å²) in [6, 6.07) is 0. The van der Waals surface area contributed by atoms with Gasteiger partial charge in [0.05, 0.1) is 6.33 Å². The SMILES string of the molecule is CC(C)[Si](C)(C)n1ccnc1. The molecule has 0 saturated carbocycles. The van der Waals surface area contributed by atoms with Crippen LogP contribution in [0.1, 0.15) is 13.8 Å². The minimum atomic E-state index is -1.25. The molecule has 0 aromatic carbocycles. The van der Waals surface area contributed by atoms with Gasteiger partial charge in [-0.2, -0.15) is 0 Å². The Kier molecular flexibility index (Phi) is 2.18. The number of imidazole rings is 1. The lowest BCUT2D eigenvalue weighted by molar-refractivity contribution is 0.939. The van der Waals surface area contributed by atoms with Crippen LogP contribution < -0.4 is 0 Å². The summed E-state index contributed by atoms with van der Waals surface area (Å²) in [6.07, 6.45) is 5.87. The zero-order chi connectivity index (χ0) is 8.48. The van der Waals surface area contributed by atoms with Crippen LogP contribution in [0.25, 0.3) is 0 Å². The Bertz CT molecular complexity index is 214. The van der Waals surface area contributed by atoms with E-state index in [2.05, 4.69) is 42.4 Å². The van der Waals surface area contributed by atoms with Crippen molar-refractivity contribution in [3.05, 3.63) is 18.7 Å². The first-order valence-electron chi connectivity index (χ1n) is 4.03. The normalized spacial score (nSPS) is 12.5. The molecule has 0 aliphatic heterocycles. The molecule has 1 rings (SSSR count). The third kappa shape index (κ3) is 1.53. The molecule has 0 fully saturated rings. The van der Waals surface area contributed by atoms with Gasteiger partial charge in [0.15, 0.2) is 8.24 Å². The third-order valence-corrected chi connectivity index (χ3v) is 7.00. The van der Waals surface area contributed by atoms with Crippen molar-refractivity contribution < 1.29 is 0 Å². The zero-order valence-electron chi connectivity index (χ0n) is 7.70. The van der Waals surface area contributed by atoms with E-state index >= 15 is 0 Å². The van der Waals surface area contributed by atoms with Gasteiger partial charge in [-0.3, -0.25) is 0 Å². The molecule has 0 unspecified atom stereocenters. The minimum absolute atomic E-state index is 0.761. The summed E-state index contributed by atoms with van der Waals surface area (Å²) in [5, 5.41) is 0. The highest BCUT2D eigenvalue weighted by Gasteiger charge is 2.26. The van der Waals surface area contributed by atoms with Crippen LogP contribution in [0.4, 0.5) is 0 Å². The van der Waals surface area contributed by atoms with Crippen molar-refractivity contribution in [1.29, 1.82) is 0 Å². The topological polar surface area (TPSA) is 17.8 Å². The van der Waals surface area contributed by atoms with Crippen LogP contribution in [0.3, 0.4) is 0 Å². The number of hydrogen-bond acceptors (Lipinski definition) is 1. The van der Waals surface area contributed by atoms with Gasteiger partial charge in [-0.1, -0.05) is 26.9 Å². The first kappa shape index (κ1) is 8.52. The lowest BCUT2D eigenvalue weighted by atomic mass is 10.6. The predicted molar refractivity (Wildman–Crippen MR) is 50.2 cm³/mol. The van der Waals surface area contributed by atoms with Gasteiger partial charge in [-0.15, -0.1) is 0 Å². The molecule has 11 heavy (non-hydrogen) atoms. The fraction of sp³-hybridized carbons (Fsp3) is 0.625. The van der Waals surface area contributed by atoms with Crippen LogP contribution in [0.15, 0.2) is 18.7 Å². The Labute approximate surface area is 69.4 Å². The lowest BCUT2D eigenvalue weighted by Gasteiger charge is -2.27. The van der Waals surface area contributed by atoms with E-state index in [4.69, 9.17) is 0 Å². The molecule has 0 aliphatic carbocycles. The van der Waals surface area contributed by atoms with Crippen LogP contribution in [0.2, 0.25) is 18.6 Å². The van der Waals surface area contributed by atoms with Crippen LogP contribution in [0, 0.1) is 0 Å². The Morgan fingerprint density at radius 3 is 2.36 bits per heavy atom. The molecular formula is C8H16N2Si. The highest BCUT2D eigenvalue weighted by atomic mass is 28.3. The summed E-state index contributed by atoms with van der Waals surface area (Å²) in [7, 11) is -1.25. The molecule has 0 aliphatic rings. The molecule has 1 aromatic rings. The molecule has 2 nitrogen and oxygen atoms in total. The Balaban J connectivity index is 2.90. The average molecular weight is 168 g/mol. The van der Waals surface area contributed by atoms with Crippen LogP contribution >= 0.6 is 0 Å². The van der Waals surface area contributed by atoms with E-state index < -0.39 is 8.24 Å². The highest BCUT2D eigenvalue weighted by Crippen LogP contribution is 2.21. The van der Waals surface area contributed by atoms with Crippen molar-refractivity contribution in [2.24, 2.45) is 0 Å². The summed E-state index contributed by atoms with van der Waals surface area (Å²) >= 11 is 0. The van der Waals surface area contributed by atoms with Gasteiger partial charge in [0.25, 0.3) is 0 Å². The van der Waals surface area contributed by atoms with Crippen molar-refractivity contribution in [1.82, 2.24) is 9.22 Å². The summed E-state index contributed by atoms with van der Waals surface area (Å²) in [5.74, 6) is 0. The second kappa shape index (κ2) is 2.81. The van der Waals surface area contributed by atoms with Gasteiger partial charge < -0.3 is 4.23 Å². The van der Waals surface area contributed by atoms with Crippen molar-refractivity contribution in [2.45, 2.75) is 32.5 Å². The van der Waals surface area contributed by atoms with Crippen molar-refractivity contribution in [3.8, 4) is 0 Å².